The second-order valence-electron chi connectivity index (χ2n) is 7.29. The van der Waals surface area contributed by atoms with Crippen LogP contribution < -0.4 is 5.32 Å². The first-order valence-corrected chi connectivity index (χ1v) is 9.18. The van der Waals surface area contributed by atoms with E-state index in [2.05, 4.69) is 47.4 Å². The Balaban J connectivity index is 1.70. The zero-order valence-electron chi connectivity index (χ0n) is 15.2. The van der Waals surface area contributed by atoms with Gasteiger partial charge in [-0.05, 0) is 37.0 Å². The molecule has 0 aliphatic heterocycles. The summed E-state index contributed by atoms with van der Waals surface area (Å²) in [7, 11) is 2.02. The van der Waals surface area contributed by atoms with E-state index < -0.39 is 0 Å². The second-order valence-corrected chi connectivity index (χ2v) is 7.29. The van der Waals surface area contributed by atoms with Crippen LogP contribution in [0.1, 0.15) is 51.1 Å². The molecule has 3 aromatic rings. The van der Waals surface area contributed by atoms with Gasteiger partial charge in [-0.15, -0.1) is 0 Å². The molecule has 1 saturated carbocycles. The molecule has 5 nitrogen and oxygen atoms in total. The third kappa shape index (κ3) is 3.11. The standard InChI is InChI=1S/C20H25N5/c1-13(2)19-16-12-14(8-9-18(16)24-25(19)3)17-10-11-21-20(23-17)22-15-6-4-5-7-15/h8-13,15H,4-7H2,1-3H3,(H,21,22,23). The van der Waals surface area contributed by atoms with Crippen LogP contribution in [0.25, 0.3) is 22.2 Å². The van der Waals surface area contributed by atoms with Gasteiger partial charge in [0.05, 0.1) is 11.2 Å². The number of aryl methyl sites for hydroxylation is 1. The molecule has 0 atom stereocenters. The highest BCUT2D eigenvalue weighted by molar-refractivity contribution is 5.86. The normalized spacial score (nSPS) is 15.4. The fourth-order valence-corrected chi connectivity index (χ4v) is 3.90. The molecular formula is C20H25N5. The zero-order chi connectivity index (χ0) is 17.4. The van der Waals surface area contributed by atoms with Gasteiger partial charge in [-0.25, -0.2) is 9.97 Å². The van der Waals surface area contributed by atoms with Gasteiger partial charge < -0.3 is 5.32 Å². The van der Waals surface area contributed by atoms with Gasteiger partial charge in [-0.3, -0.25) is 4.68 Å². The predicted molar refractivity (Wildman–Crippen MR) is 102 cm³/mol. The topological polar surface area (TPSA) is 55.6 Å². The molecule has 0 amide bonds. The van der Waals surface area contributed by atoms with E-state index in [9.17, 15) is 0 Å². The van der Waals surface area contributed by atoms with Crippen LogP contribution in [-0.4, -0.2) is 25.8 Å². The highest BCUT2D eigenvalue weighted by Gasteiger charge is 2.16. The molecule has 1 N–H and O–H groups in total. The van der Waals surface area contributed by atoms with Crippen molar-refractivity contribution in [3.05, 3.63) is 36.2 Å². The minimum absolute atomic E-state index is 0.426. The van der Waals surface area contributed by atoms with Crippen molar-refractivity contribution in [2.24, 2.45) is 7.05 Å². The lowest BCUT2D eigenvalue weighted by Crippen LogP contribution is -2.16. The maximum atomic E-state index is 4.75. The highest BCUT2D eigenvalue weighted by atomic mass is 15.3. The molecule has 25 heavy (non-hydrogen) atoms. The molecule has 0 spiro atoms. The number of hydrogen-bond acceptors (Lipinski definition) is 4. The summed E-state index contributed by atoms with van der Waals surface area (Å²) < 4.78 is 1.99. The molecule has 0 unspecified atom stereocenters. The van der Waals surface area contributed by atoms with Crippen molar-refractivity contribution >= 4 is 16.9 Å². The van der Waals surface area contributed by atoms with E-state index in [1.165, 1.54) is 36.8 Å². The van der Waals surface area contributed by atoms with E-state index >= 15 is 0 Å². The Morgan fingerprint density at radius 1 is 1.16 bits per heavy atom. The molecule has 0 saturated heterocycles. The summed E-state index contributed by atoms with van der Waals surface area (Å²) in [6.45, 7) is 4.41. The fraction of sp³-hybridized carbons (Fsp3) is 0.450. The molecule has 5 heteroatoms. The molecule has 1 aliphatic carbocycles. The molecule has 2 heterocycles. The lowest BCUT2D eigenvalue weighted by molar-refractivity contribution is 0.677. The summed E-state index contributed by atoms with van der Waals surface area (Å²) in [6, 6.07) is 8.89. The van der Waals surface area contributed by atoms with Crippen molar-refractivity contribution in [2.45, 2.75) is 51.5 Å². The first-order chi connectivity index (χ1) is 12.1. The SMILES string of the molecule is CC(C)c1c2cc(-c3ccnc(NC4CCCC4)n3)ccc2nn1C. The Hall–Kier alpha value is -2.43. The van der Waals surface area contributed by atoms with E-state index in [1.807, 2.05) is 24.0 Å². The Morgan fingerprint density at radius 3 is 2.72 bits per heavy atom. The third-order valence-corrected chi connectivity index (χ3v) is 5.07. The second kappa shape index (κ2) is 6.47. The monoisotopic (exact) mass is 335 g/mol. The molecular weight excluding hydrogens is 310 g/mol. The fourth-order valence-electron chi connectivity index (χ4n) is 3.90. The van der Waals surface area contributed by atoms with E-state index in [1.54, 1.807) is 0 Å². The largest absolute Gasteiger partial charge is 0.351 e. The number of hydrogen-bond donors (Lipinski definition) is 1. The van der Waals surface area contributed by atoms with Crippen molar-refractivity contribution < 1.29 is 0 Å². The smallest absolute Gasteiger partial charge is 0.223 e. The molecule has 0 radical (unpaired) electrons. The minimum atomic E-state index is 0.426. The van der Waals surface area contributed by atoms with Crippen LogP contribution in [0.2, 0.25) is 0 Å². The van der Waals surface area contributed by atoms with Crippen LogP contribution in [0.15, 0.2) is 30.5 Å². The minimum Gasteiger partial charge on any atom is -0.351 e. The number of nitrogens with zero attached hydrogens (tertiary/aromatic N) is 4. The van der Waals surface area contributed by atoms with Crippen LogP contribution >= 0.6 is 0 Å². The molecule has 1 aromatic carbocycles. The van der Waals surface area contributed by atoms with Crippen LogP contribution in [0.3, 0.4) is 0 Å². The van der Waals surface area contributed by atoms with Crippen LogP contribution in [0.4, 0.5) is 5.95 Å². The summed E-state index contributed by atoms with van der Waals surface area (Å²) in [5, 5.41) is 9.32. The van der Waals surface area contributed by atoms with Crippen molar-refractivity contribution in [3.8, 4) is 11.3 Å². The number of benzene rings is 1. The number of fused-ring (bicyclic) bond motifs is 1. The predicted octanol–water partition coefficient (Wildman–Crippen LogP) is 4.51. The molecule has 1 aliphatic rings. The van der Waals surface area contributed by atoms with Gasteiger partial charge in [0.25, 0.3) is 0 Å². The Morgan fingerprint density at radius 2 is 1.96 bits per heavy atom. The summed E-state index contributed by atoms with van der Waals surface area (Å²) >= 11 is 0. The molecule has 1 fully saturated rings. The Bertz CT molecular complexity index is 890. The lowest BCUT2D eigenvalue weighted by atomic mass is 10.0. The van der Waals surface area contributed by atoms with Crippen LogP contribution in [0.5, 0.6) is 0 Å². The van der Waals surface area contributed by atoms with Crippen LogP contribution in [-0.2, 0) is 7.05 Å². The summed E-state index contributed by atoms with van der Waals surface area (Å²) in [6.07, 6.45) is 6.87. The van der Waals surface area contributed by atoms with E-state index in [-0.39, 0.29) is 0 Å². The van der Waals surface area contributed by atoms with Gasteiger partial charge in [-0.1, -0.05) is 32.8 Å². The van der Waals surface area contributed by atoms with Crippen molar-refractivity contribution in [1.29, 1.82) is 0 Å². The molecule has 0 bridgehead atoms. The maximum absolute atomic E-state index is 4.75. The molecule has 2 aromatic heterocycles. The van der Waals surface area contributed by atoms with E-state index in [4.69, 9.17) is 4.98 Å². The summed E-state index contributed by atoms with van der Waals surface area (Å²) in [5.74, 6) is 1.16. The first kappa shape index (κ1) is 16.1. The van der Waals surface area contributed by atoms with Gasteiger partial charge in [0.2, 0.25) is 5.95 Å². The van der Waals surface area contributed by atoms with Gasteiger partial charge in [0.15, 0.2) is 0 Å². The molecule has 4 rings (SSSR count). The van der Waals surface area contributed by atoms with Gasteiger partial charge in [-0.2, -0.15) is 5.10 Å². The van der Waals surface area contributed by atoms with Crippen molar-refractivity contribution in [2.75, 3.05) is 5.32 Å². The summed E-state index contributed by atoms with van der Waals surface area (Å²) in [4.78, 5) is 9.15. The average Bonchev–Trinajstić information content (AvgIpc) is 3.20. The zero-order valence-corrected chi connectivity index (χ0v) is 15.2. The van der Waals surface area contributed by atoms with Crippen molar-refractivity contribution in [3.63, 3.8) is 0 Å². The number of nitrogens with one attached hydrogen (secondary N) is 1. The van der Waals surface area contributed by atoms with Gasteiger partial charge in [0, 0.05) is 35.9 Å². The quantitative estimate of drug-likeness (QED) is 0.762. The van der Waals surface area contributed by atoms with E-state index in [0.29, 0.717) is 12.0 Å². The van der Waals surface area contributed by atoms with Gasteiger partial charge in [0.1, 0.15) is 0 Å². The Kier molecular flexibility index (Phi) is 4.15. The first-order valence-electron chi connectivity index (χ1n) is 9.18. The maximum Gasteiger partial charge on any atom is 0.223 e. The lowest BCUT2D eigenvalue weighted by Gasteiger charge is -2.12. The average molecular weight is 335 g/mol. The number of rotatable bonds is 4. The van der Waals surface area contributed by atoms with E-state index in [0.717, 1.165) is 22.7 Å². The van der Waals surface area contributed by atoms with Crippen LogP contribution in [0, 0.1) is 0 Å². The number of aromatic nitrogens is 4. The van der Waals surface area contributed by atoms with Gasteiger partial charge >= 0.3 is 0 Å². The summed E-state index contributed by atoms with van der Waals surface area (Å²) in [5.41, 5.74) is 4.36. The third-order valence-electron chi connectivity index (χ3n) is 5.07. The highest BCUT2D eigenvalue weighted by Crippen LogP contribution is 2.29. The van der Waals surface area contributed by atoms with Crippen molar-refractivity contribution in [1.82, 2.24) is 19.7 Å². The molecule has 130 valence electrons. The number of anilines is 1. The Labute approximate surface area is 148 Å².